The van der Waals surface area contributed by atoms with Gasteiger partial charge in [-0.2, -0.15) is 11.3 Å². The molecule has 31 heavy (non-hydrogen) atoms. The third-order valence-corrected chi connectivity index (χ3v) is 7.08. The maximum Gasteiger partial charge on any atom is 0.229 e. The minimum absolute atomic E-state index is 0.0112. The van der Waals surface area contributed by atoms with Gasteiger partial charge in [0.05, 0.1) is 11.3 Å². The first-order valence-electron chi connectivity index (χ1n) is 10.7. The fourth-order valence-electron chi connectivity index (χ4n) is 4.53. The molecule has 0 unspecified atom stereocenters. The SMILES string of the molecule is CNC(=O)[C@]1(Cc2ccc(-c3ccsc3)cc2)CCN(C(=O)[C@@H](C)c2ccccc2)C1. The standard InChI is InChI=1S/C26H28N2O2S/c1-19(21-6-4-3-5-7-21)24(29)28-14-13-26(18-28,25(30)27-2)16-20-8-10-22(11-9-20)23-12-15-31-17-23/h3-12,15,17,19H,13-14,16,18H2,1-2H3,(H,27,30)/t19-,26-/m0/s1. The van der Waals surface area contributed by atoms with Crippen LogP contribution in [0.15, 0.2) is 71.4 Å². The number of amides is 2. The monoisotopic (exact) mass is 432 g/mol. The van der Waals surface area contributed by atoms with Gasteiger partial charge in [-0.3, -0.25) is 9.59 Å². The third-order valence-electron chi connectivity index (χ3n) is 6.40. The fraction of sp³-hybridized carbons (Fsp3) is 0.308. The van der Waals surface area contributed by atoms with Gasteiger partial charge < -0.3 is 10.2 Å². The van der Waals surface area contributed by atoms with Crippen LogP contribution in [0.3, 0.4) is 0 Å². The van der Waals surface area contributed by atoms with Crippen molar-refractivity contribution in [2.24, 2.45) is 5.41 Å². The van der Waals surface area contributed by atoms with Gasteiger partial charge in [0.15, 0.2) is 0 Å². The van der Waals surface area contributed by atoms with E-state index in [1.165, 1.54) is 11.1 Å². The summed E-state index contributed by atoms with van der Waals surface area (Å²) in [6.07, 6.45) is 1.30. The van der Waals surface area contributed by atoms with E-state index in [9.17, 15) is 9.59 Å². The molecule has 5 heteroatoms. The number of nitrogens with one attached hydrogen (secondary N) is 1. The van der Waals surface area contributed by atoms with Crippen LogP contribution in [0.1, 0.15) is 30.4 Å². The molecule has 0 radical (unpaired) electrons. The number of rotatable bonds is 6. The van der Waals surface area contributed by atoms with Crippen molar-refractivity contribution in [2.45, 2.75) is 25.7 Å². The molecular formula is C26H28N2O2S. The van der Waals surface area contributed by atoms with Crippen molar-refractivity contribution in [3.05, 3.63) is 82.6 Å². The Balaban J connectivity index is 1.51. The Morgan fingerprint density at radius 2 is 1.81 bits per heavy atom. The molecule has 1 aliphatic heterocycles. The zero-order valence-electron chi connectivity index (χ0n) is 18.0. The molecule has 0 bridgehead atoms. The first-order chi connectivity index (χ1) is 15.0. The van der Waals surface area contributed by atoms with Crippen molar-refractivity contribution in [3.63, 3.8) is 0 Å². The van der Waals surface area contributed by atoms with Gasteiger partial charge in [-0.1, -0.05) is 54.6 Å². The molecule has 1 aliphatic rings. The first kappa shape index (κ1) is 21.3. The van der Waals surface area contributed by atoms with Gasteiger partial charge >= 0.3 is 0 Å². The van der Waals surface area contributed by atoms with Crippen LogP contribution in [0.2, 0.25) is 0 Å². The predicted molar refractivity (Wildman–Crippen MR) is 126 cm³/mol. The third kappa shape index (κ3) is 4.42. The summed E-state index contributed by atoms with van der Waals surface area (Å²) in [5.41, 5.74) is 3.93. The predicted octanol–water partition coefficient (Wildman–Crippen LogP) is 4.73. The second kappa shape index (κ2) is 9.06. The summed E-state index contributed by atoms with van der Waals surface area (Å²) >= 11 is 1.68. The van der Waals surface area contributed by atoms with Crippen molar-refractivity contribution < 1.29 is 9.59 Å². The lowest BCUT2D eigenvalue weighted by Gasteiger charge is -2.28. The molecule has 2 heterocycles. The number of nitrogens with zero attached hydrogens (tertiary/aromatic N) is 1. The molecule has 2 aromatic carbocycles. The molecule has 3 aromatic rings. The lowest BCUT2D eigenvalue weighted by molar-refractivity contribution is -0.133. The summed E-state index contributed by atoms with van der Waals surface area (Å²) in [6, 6.07) is 20.4. The van der Waals surface area contributed by atoms with Gasteiger partial charge in [-0.05, 0) is 58.8 Å². The molecule has 0 aliphatic carbocycles. The summed E-state index contributed by atoms with van der Waals surface area (Å²) in [5, 5.41) is 7.05. The highest BCUT2D eigenvalue weighted by Crippen LogP contribution is 2.36. The number of carbonyl (C=O) groups excluding carboxylic acids is 2. The Labute approximate surface area is 187 Å². The van der Waals surface area contributed by atoms with E-state index >= 15 is 0 Å². The van der Waals surface area contributed by atoms with Crippen molar-refractivity contribution >= 4 is 23.2 Å². The molecule has 4 rings (SSSR count). The first-order valence-corrected chi connectivity index (χ1v) is 11.6. The van der Waals surface area contributed by atoms with Gasteiger partial charge in [0.25, 0.3) is 0 Å². The Morgan fingerprint density at radius 1 is 1.06 bits per heavy atom. The smallest absolute Gasteiger partial charge is 0.229 e. The van der Waals surface area contributed by atoms with Crippen LogP contribution in [0.5, 0.6) is 0 Å². The van der Waals surface area contributed by atoms with E-state index in [4.69, 9.17) is 0 Å². The van der Waals surface area contributed by atoms with E-state index in [0.717, 1.165) is 11.1 Å². The molecule has 160 valence electrons. The molecule has 2 atom stereocenters. The summed E-state index contributed by atoms with van der Waals surface area (Å²) in [5.74, 6) is -0.117. The normalized spacial score (nSPS) is 19.2. The van der Waals surface area contributed by atoms with Gasteiger partial charge in [-0.15, -0.1) is 0 Å². The van der Waals surface area contributed by atoms with Crippen LogP contribution in [0, 0.1) is 5.41 Å². The zero-order chi connectivity index (χ0) is 21.8. The Bertz CT molecular complexity index is 1030. The maximum absolute atomic E-state index is 13.2. The highest BCUT2D eigenvalue weighted by atomic mass is 32.1. The Kier molecular flexibility index (Phi) is 6.23. The molecule has 1 N–H and O–H groups in total. The summed E-state index contributed by atoms with van der Waals surface area (Å²) < 4.78 is 0. The van der Waals surface area contributed by atoms with Crippen molar-refractivity contribution in [1.29, 1.82) is 0 Å². The topological polar surface area (TPSA) is 49.4 Å². The molecule has 0 spiro atoms. The second-order valence-corrected chi connectivity index (χ2v) is 9.17. The van der Waals surface area contributed by atoms with E-state index in [-0.39, 0.29) is 17.7 Å². The average molecular weight is 433 g/mol. The maximum atomic E-state index is 13.2. The van der Waals surface area contributed by atoms with Crippen molar-refractivity contribution in [1.82, 2.24) is 10.2 Å². The molecule has 0 saturated carbocycles. The average Bonchev–Trinajstić information content (AvgIpc) is 3.50. The molecule has 1 aromatic heterocycles. The van der Waals surface area contributed by atoms with Crippen LogP contribution < -0.4 is 5.32 Å². The molecule has 1 fully saturated rings. The lowest BCUT2D eigenvalue weighted by atomic mass is 9.79. The van der Waals surface area contributed by atoms with Crippen molar-refractivity contribution in [3.8, 4) is 11.1 Å². The van der Waals surface area contributed by atoms with Crippen molar-refractivity contribution in [2.75, 3.05) is 20.1 Å². The van der Waals surface area contributed by atoms with E-state index in [1.54, 1.807) is 18.4 Å². The summed E-state index contributed by atoms with van der Waals surface area (Å²) in [7, 11) is 1.68. The van der Waals surface area contributed by atoms with Crippen LogP contribution >= 0.6 is 11.3 Å². The number of carbonyl (C=O) groups is 2. The van der Waals surface area contributed by atoms with E-state index in [0.29, 0.717) is 25.9 Å². The quantitative estimate of drug-likeness (QED) is 0.612. The van der Waals surface area contributed by atoms with Gasteiger partial charge in [0, 0.05) is 20.1 Å². The summed E-state index contributed by atoms with van der Waals surface area (Å²) in [6.45, 7) is 3.01. The zero-order valence-corrected chi connectivity index (χ0v) is 18.8. The van der Waals surface area contributed by atoms with Crippen LogP contribution in [0.25, 0.3) is 11.1 Å². The summed E-state index contributed by atoms with van der Waals surface area (Å²) in [4.78, 5) is 28.0. The van der Waals surface area contributed by atoms with E-state index < -0.39 is 5.41 Å². The van der Waals surface area contributed by atoms with E-state index in [1.807, 2.05) is 42.2 Å². The number of hydrogen-bond acceptors (Lipinski definition) is 3. The van der Waals surface area contributed by atoms with E-state index in [2.05, 4.69) is 46.4 Å². The van der Waals surface area contributed by atoms with Crippen LogP contribution in [0.4, 0.5) is 0 Å². The molecular weight excluding hydrogens is 404 g/mol. The number of likely N-dealkylation sites (tertiary alicyclic amines) is 1. The number of hydrogen-bond donors (Lipinski definition) is 1. The molecule has 2 amide bonds. The van der Waals surface area contributed by atoms with Gasteiger partial charge in [0.2, 0.25) is 11.8 Å². The number of thiophene rings is 1. The highest BCUT2D eigenvalue weighted by Gasteiger charge is 2.46. The largest absolute Gasteiger partial charge is 0.359 e. The molecule has 4 nitrogen and oxygen atoms in total. The van der Waals surface area contributed by atoms with Gasteiger partial charge in [-0.25, -0.2) is 0 Å². The molecule has 1 saturated heterocycles. The lowest BCUT2D eigenvalue weighted by Crippen LogP contribution is -2.44. The minimum Gasteiger partial charge on any atom is -0.359 e. The fourth-order valence-corrected chi connectivity index (χ4v) is 5.19. The van der Waals surface area contributed by atoms with Gasteiger partial charge in [0.1, 0.15) is 0 Å². The Hall–Kier alpha value is -2.92. The highest BCUT2D eigenvalue weighted by molar-refractivity contribution is 7.08. The van der Waals surface area contributed by atoms with Crippen LogP contribution in [-0.4, -0.2) is 36.9 Å². The number of benzene rings is 2. The minimum atomic E-state index is -0.593. The Morgan fingerprint density at radius 3 is 2.45 bits per heavy atom. The second-order valence-electron chi connectivity index (χ2n) is 8.39. The van der Waals surface area contributed by atoms with Crippen LogP contribution in [-0.2, 0) is 16.0 Å².